The van der Waals surface area contributed by atoms with Crippen LogP contribution < -0.4 is 10.6 Å². The van der Waals surface area contributed by atoms with Crippen LogP contribution in [0, 0.1) is 5.41 Å². The van der Waals surface area contributed by atoms with Crippen LogP contribution >= 0.6 is 0 Å². The molecule has 32 heavy (non-hydrogen) atoms. The molecule has 0 aromatic heterocycles. The van der Waals surface area contributed by atoms with Crippen LogP contribution in [0.5, 0.6) is 0 Å². The molecule has 2 fully saturated rings. The van der Waals surface area contributed by atoms with Crippen molar-refractivity contribution in [1.29, 1.82) is 0 Å². The van der Waals surface area contributed by atoms with Crippen LogP contribution in [0.15, 0.2) is 54.6 Å². The molecule has 2 aromatic rings. The Morgan fingerprint density at radius 2 is 1.69 bits per heavy atom. The molecule has 1 atom stereocenters. The molecule has 4 rings (SSSR count). The van der Waals surface area contributed by atoms with Crippen molar-refractivity contribution in [1.82, 2.24) is 15.5 Å². The fourth-order valence-electron chi connectivity index (χ4n) is 4.03. The number of rotatable bonds is 7. The zero-order valence-corrected chi connectivity index (χ0v) is 17.6. The van der Waals surface area contributed by atoms with Gasteiger partial charge in [0.2, 0.25) is 5.91 Å². The SMILES string of the molecule is O=C(NC1CC1)c1ccc(CNC(=O)C2(C(F)(F)F)CCN(Cc3ccccc3)C2)cc1. The van der Waals surface area contributed by atoms with Crippen molar-refractivity contribution in [2.45, 2.75) is 44.6 Å². The number of halogens is 3. The van der Waals surface area contributed by atoms with Gasteiger partial charge in [0.05, 0.1) is 0 Å². The van der Waals surface area contributed by atoms with Gasteiger partial charge in [-0.05, 0) is 49.1 Å². The van der Waals surface area contributed by atoms with Crippen LogP contribution in [0.3, 0.4) is 0 Å². The summed E-state index contributed by atoms with van der Waals surface area (Å²) in [6.07, 6.45) is -2.94. The normalized spacial score (nSPS) is 21.3. The number of benzene rings is 2. The third kappa shape index (κ3) is 4.96. The number of carbonyl (C=O) groups excluding carboxylic acids is 2. The molecule has 1 unspecified atom stereocenters. The Hall–Kier alpha value is -2.87. The molecule has 0 spiro atoms. The quantitative estimate of drug-likeness (QED) is 0.684. The van der Waals surface area contributed by atoms with Gasteiger partial charge in [-0.1, -0.05) is 42.5 Å². The van der Waals surface area contributed by atoms with Gasteiger partial charge in [-0.3, -0.25) is 14.5 Å². The van der Waals surface area contributed by atoms with E-state index < -0.39 is 17.5 Å². The van der Waals surface area contributed by atoms with Gasteiger partial charge in [0.15, 0.2) is 5.41 Å². The highest BCUT2D eigenvalue weighted by atomic mass is 19.4. The molecule has 8 heteroatoms. The van der Waals surface area contributed by atoms with E-state index in [4.69, 9.17) is 0 Å². The van der Waals surface area contributed by atoms with Crippen LogP contribution in [0.25, 0.3) is 0 Å². The first kappa shape index (κ1) is 22.3. The lowest BCUT2D eigenvalue weighted by molar-refractivity contribution is -0.218. The van der Waals surface area contributed by atoms with Gasteiger partial charge in [0.1, 0.15) is 0 Å². The van der Waals surface area contributed by atoms with E-state index in [0.717, 1.165) is 18.4 Å². The van der Waals surface area contributed by atoms with Crippen LogP contribution in [-0.4, -0.2) is 42.0 Å². The number of carbonyl (C=O) groups is 2. The summed E-state index contributed by atoms with van der Waals surface area (Å²) in [6.45, 7) is 0.181. The molecule has 1 saturated heterocycles. The lowest BCUT2D eigenvalue weighted by Gasteiger charge is -2.30. The summed E-state index contributed by atoms with van der Waals surface area (Å²) in [5.74, 6) is -1.17. The largest absolute Gasteiger partial charge is 0.404 e. The number of alkyl halides is 3. The van der Waals surface area contributed by atoms with Crippen molar-refractivity contribution in [2.24, 2.45) is 5.41 Å². The molecule has 1 saturated carbocycles. The highest BCUT2D eigenvalue weighted by molar-refractivity contribution is 5.94. The monoisotopic (exact) mass is 445 g/mol. The average Bonchev–Trinajstić information content (AvgIpc) is 3.48. The third-order valence-corrected chi connectivity index (χ3v) is 6.16. The predicted octanol–water partition coefficient (Wildman–Crippen LogP) is 3.65. The Bertz CT molecular complexity index is 959. The summed E-state index contributed by atoms with van der Waals surface area (Å²) in [7, 11) is 0. The first-order chi connectivity index (χ1) is 15.3. The van der Waals surface area contributed by atoms with E-state index in [1.54, 1.807) is 29.2 Å². The number of hydrogen-bond donors (Lipinski definition) is 2. The average molecular weight is 445 g/mol. The Morgan fingerprint density at radius 3 is 2.31 bits per heavy atom. The smallest absolute Gasteiger partial charge is 0.351 e. The lowest BCUT2D eigenvalue weighted by atomic mass is 9.85. The van der Waals surface area contributed by atoms with Crippen LogP contribution in [0.1, 0.15) is 40.7 Å². The van der Waals surface area contributed by atoms with E-state index in [2.05, 4.69) is 10.6 Å². The minimum atomic E-state index is -4.65. The van der Waals surface area contributed by atoms with E-state index in [1.165, 1.54) is 0 Å². The van der Waals surface area contributed by atoms with Gasteiger partial charge in [-0.15, -0.1) is 0 Å². The summed E-state index contributed by atoms with van der Waals surface area (Å²) >= 11 is 0. The minimum absolute atomic E-state index is 0.0279. The van der Waals surface area contributed by atoms with Gasteiger partial charge >= 0.3 is 6.18 Å². The van der Waals surface area contributed by atoms with E-state index >= 15 is 0 Å². The number of likely N-dealkylation sites (tertiary alicyclic amines) is 1. The van der Waals surface area contributed by atoms with Gasteiger partial charge < -0.3 is 10.6 Å². The zero-order chi connectivity index (χ0) is 22.8. The van der Waals surface area contributed by atoms with Gasteiger partial charge in [0, 0.05) is 31.2 Å². The van der Waals surface area contributed by atoms with Gasteiger partial charge in [-0.2, -0.15) is 13.2 Å². The zero-order valence-electron chi connectivity index (χ0n) is 17.6. The maximum Gasteiger partial charge on any atom is 0.404 e. The van der Waals surface area contributed by atoms with Crippen molar-refractivity contribution >= 4 is 11.8 Å². The first-order valence-electron chi connectivity index (χ1n) is 10.8. The second-order valence-electron chi connectivity index (χ2n) is 8.65. The lowest BCUT2D eigenvalue weighted by Crippen LogP contribution is -2.52. The summed E-state index contributed by atoms with van der Waals surface area (Å²) in [5, 5.41) is 5.36. The number of nitrogens with zero attached hydrogens (tertiary/aromatic N) is 1. The molecule has 1 heterocycles. The second-order valence-corrected chi connectivity index (χ2v) is 8.65. The van der Waals surface area contributed by atoms with Crippen molar-refractivity contribution in [3.8, 4) is 0 Å². The van der Waals surface area contributed by atoms with E-state index in [0.29, 0.717) is 17.7 Å². The van der Waals surface area contributed by atoms with E-state index in [9.17, 15) is 22.8 Å². The summed E-state index contributed by atoms with van der Waals surface area (Å²) in [5.41, 5.74) is -0.383. The van der Waals surface area contributed by atoms with Crippen LogP contribution in [-0.2, 0) is 17.9 Å². The fourth-order valence-corrected chi connectivity index (χ4v) is 4.03. The van der Waals surface area contributed by atoms with Crippen molar-refractivity contribution in [2.75, 3.05) is 13.1 Å². The Balaban J connectivity index is 1.38. The maximum atomic E-state index is 14.0. The summed E-state index contributed by atoms with van der Waals surface area (Å²) in [4.78, 5) is 26.5. The molecular formula is C24H26F3N3O2. The summed E-state index contributed by atoms with van der Waals surface area (Å²) in [6, 6.07) is 16.1. The molecule has 2 amide bonds. The maximum absolute atomic E-state index is 14.0. The highest BCUT2D eigenvalue weighted by Crippen LogP contribution is 2.46. The number of hydrogen-bond acceptors (Lipinski definition) is 3. The Kier molecular flexibility index (Phi) is 6.24. The van der Waals surface area contributed by atoms with Crippen molar-refractivity contribution < 1.29 is 22.8 Å². The first-order valence-corrected chi connectivity index (χ1v) is 10.8. The fraction of sp³-hybridized carbons (Fsp3) is 0.417. The van der Waals surface area contributed by atoms with Crippen molar-refractivity contribution in [3.05, 3.63) is 71.3 Å². The molecule has 2 N–H and O–H groups in total. The number of nitrogens with one attached hydrogen (secondary N) is 2. The van der Waals surface area contributed by atoms with E-state index in [-0.39, 0.29) is 38.0 Å². The molecule has 2 aromatic carbocycles. The third-order valence-electron chi connectivity index (χ3n) is 6.16. The minimum Gasteiger partial charge on any atom is -0.351 e. The van der Waals surface area contributed by atoms with Crippen LogP contribution in [0.2, 0.25) is 0 Å². The summed E-state index contributed by atoms with van der Waals surface area (Å²) < 4.78 is 42.1. The standard InChI is InChI=1S/C24H26F3N3O2/c25-24(26,27)23(12-13-30(16-23)15-18-4-2-1-3-5-18)22(32)28-14-17-6-8-19(9-7-17)21(31)29-20-10-11-20/h1-9,20H,10-16H2,(H,28,32)(H,29,31). The molecule has 170 valence electrons. The topological polar surface area (TPSA) is 61.4 Å². The van der Waals surface area contributed by atoms with Crippen molar-refractivity contribution in [3.63, 3.8) is 0 Å². The van der Waals surface area contributed by atoms with Gasteiger partial charge in [-0.25, -0.2) is 0 Å². The molecule has 1 aliphatic heterocycles. The predicted molar refractivity (Wildman–Crippen MR) is 114 cm³/mol. The second kappa shape index (κ2) is 8.94. The molecule has 0 radical (unpaired) electrons. The Morgan fingerprint density at radius 1 is 1.00 bits per heavy atom. The van der Waals surface area contributed by atoms with Gasteiger partial charge in [0.25, 0.3) is 5.91 Å². The van der Waals surface area contributed by atoms with E-state index in [1.807, 2.05) is 30.3 Å². The Labute approximate surface area is 185 Å². The molecule has 2 aliphatic rings. The van der Waals surface area contributed by atoms with Crippen LogP contribution in [0.4, 0.5) is 13.2 Å². The number of amides is 2. The molecule has 1 aliphatic carbocycles. The molecular weight excluding hydrogens is 419 g/mol. The highest BCUT2D eigenvalue weighted by Gasteiger charge is 2.62. The molecule has 0 bridgehead atoms. The molecule has 5 nitrogen and oxygen atoms in total.